The Hall–Kier alpha value is -2.66. The van der Waals surface area contributed by atoms with Gasteiger partial charge in [0.1, 0.15) is 0 Å². The van der Waals surface area contributed by atoms with Crippen LogP contribution in [-0.2, 0) is 16.0 Å². The topological polar surface area (TPSA) is 58.6 Å². The van der Waals surface area contributed by atoms with Crippen molar-refractivity contribution in [2.24, 2.45) is 0 Å². The smallest absolute Gasteiger partial charge is 0.251 e. The number of likely N-dealkylation sites (N-methyl/N-ethyl adjacent to an activating group) is 1. The van der Waals surface area contributed by atoms with Crippen LogP contribution in [0.15, 0.2) is 48.5 Å². The van der Waals surface area contributed by atoms with Gasteiger partial charge in [0.05, 0.1) is 12.5 Å². The number of ether oxygens (including phenoxy) is 1. The number of nitrogens with one attached hydrogen (secondary N) is 1. The highest BCUT2D eigenvalue weighted by Crippen LogP contribution is 2.21. The van der Waals surface area contributed by atoms with E-state index in [0.29, 0.717) is 18.5 Å². The molecule has 1 unspecified atom stereocenters. The van der Waals surface area contributed by atoms with Crippen LogP contribution in [0.1, 0.15) is 35.2 Å². The third kappa shape index (κ3) is 5.42. The second kappa shape index (κ2) is 9.51. The van der Waals surface area contributed by atoms with Crippen molar-refractivity contribution < 1.29 is 14.3 Å². The fourth-order valence-corrected chi connectivity index (χ4v) is 3.24. The van der Waals surface area contributed by atoms with Crippen molar-refractivity contribution in [3.05, 3.63) is 59.7 Å². The Morgan fingerprint density at radius 1 is 1.00 bits per heavy atom. The van der Waals surface area contributed by atoms with Crippen molar-refractivity contribution in [1.29, 1.82) is 0 Å². The van der Waals surface area contributed by atoms with Crippen LogP contribution in [0.5, 0.6) is 0 Å². The summed E-state index contributed by atoms with van der Waals surface area (Å²) in [5.74, 6) is 0.0139. The minimum atomic E-state index is -0.0710. The van der Waals surface area contributed by atoms with Crippen molar-refractivity contribution in [3.8, 4) is 11.1 Å². The molecule has 1 aliphatic rings. The van der Waals surface area contributed by atoms with E-state index in [4.69, 9.17) is 4.74 Å². The molecular formula is C23H28N2O3. The third-order valence-corrected chi connectivity index (χ3v) is 5.05. The van der Waals surface area contributed by atoms with Crippen LogP contribution in [0, 0.1) is 0 Å². The van der Waals surface area contributed by atoms with Gasteiger partial charge in [0.25, 0.3) is 5.91 Å². The first-order valence-electron chi connectivity index (χ1n) is 9.82. The lowest BCUT2D eigenvalue weighted by Crippen LogP contribution is -2.35. The van der Waals surface area contributed by atoms with E-state index in [0.717, 1.165) is 42.6 Å². The molecule has 0 bridgehead atoms. The zero-order valence-corrected chi connectivity index (χ0v) is 16.6. The van der Waals surface area contributed by atoms with Crippen LogP contribution in [0.25, 0.3) is 11.1 Å². The highest BCUT2D eigenvalue weighted by Gasteiger charge is 2.15. The largest absolute Gasteiger partial charge is 0.376 e. The Balaban J connectivity index is 1.57. The Morgan fingerprint density at radius 2 is 1.64 bits per heavy atom. The average molecular weight is 380 g/mol. The molecule has 1 fully saturated rings. The van der Waals surface area contributed by atoms with Gasteiger partial charge >= 0.3 is 0 Å². The molecule has 2 aromatic carbocycles. The van der Waals surface area contributed by atoms with E-state index in [-0.39, 0.29) is 17.9 Å². The van der Waals surface area contributed by atoms with Gasteiger partial charge in [0, 0.05) is 32.8 Å². The lowest BCUT2D eigenvalue weighted by Gasteiger charge is -2.22. The van der Waals surface area contributed by atoms with Gasteiger partial charge in [-0.2, -0.15) is 0 Å². The van der Waals surface area contributed by atoms with Crippen molar-refractivity contribution in [1.82, 2.24) is 10.2 Å². The van der Waals surface area contributed by atoms with E-state index in [1.807, 2.05) is 48.5 Å². The number of carbonyl (C=O) groups is 2. The fraction of sp³-hybridized carbons (Fsp3) is 0.391. The van der Waals surface area contributed by atoms with Crippen molar-refractivity contribution in [2.75, 3.05) is 27.2 Å². The maximum atomic E-state index is 12.3. The number of hydrogen-bond acceptors (Lipinski definition) is 3. The third-order valence-electron chi connectivity index (χ3n) is 5.05. The van der Waals surface area contributed by atoms with E-state index in [1.54, 1.807) is 19.0 Å². The molecule has 1 heterocycles. The normalized spacial score (nSPS) is 16.4. The second-order valence-corrected chi connectivity index (χ2v) is 7.44. The maximum Gasteiger partial charge on any atom is 0.251 e. The Labute approximate surface area is 166 Å². The minimum absolute atomic E-state index is 0.0710. The van der Waals surface area contributed by atoms with Gasteiger partial charge in [0.15, 0.2) is 0 Å². The van der Waals surface area contributed by atoms with Gasteiger partial charge < -0.3 is 15.0 Å². The summed E-state index contributed by atoms with van der Waals surface area (Å²) < 4.78 is 5.65. The molecular weight excluding hydrogens is 352 g/mol. The van der Waals surface area contributed by atoms with Gasteiger partial charge in [-0.1, -0.05) is 36.4 Å². The molecule has 5 heteroatoms. The zero-order chi connectivity index (χ0) is 19.9. The highest BCUT2D eigenvalue weighted by molar-refractivity contribution is 5.94. The first kappa shape index (κ1) is 20.1. The summed E-state index contributed by atoms with van der Waals surface area (Å²) in [5.41, 5.74) is 3.73. The summed E-state index contributed by atoms with van der Waals surface area (Å²) in [4.78, 5) is 25.7. The van der Waals surface area contributed by atoms with E-state index >= 15 is 0 Å². The monoisotopic (exact) mass is 380 g/mol. The van der Waals surface area contributed by atoms with E-state index in [9.17, 15) is 9.59 Å². The van der Waals surface area contributed by atoms with Crippen LogP contribution in [0.4, 0.5) is 0 Å². The summed E-state index contributed by atoms with van der Waals surface area (Å²) >= 11 is 0. The summed E-state index contributed by atoms with van der Waals surface area (Å²) in [6.45, 7) is 1.35. The Kier molecular flexibility index (Phi) is 6.82. The first-order valence-corrected chi connectivity index (χ1v) is 9.82. The lowest BCUT2D eigenvalue weighted by molar-refractivity contribution is -0.127. The van der Waals surface area contributed by atoms with Crippen LogP contribution in [-0.4, -0.2) is 50.1 Å². The van der Waals surface area contributed by atoms with E-state index in [2.05, 4.69) is 5.32 Å². The molecule has 0 aliphatic carbocycles. The van der Waals surface area contributed by atoms with Crippen molar-refractivity contribution in [2.45, 2.75) is 31.8 Å². The number of hydrogen-bond donors (Lipinski definition) is 1. The van der Waals surface area contributed by atoms with Crippen LogP contribution in [0.2, 0.25) is 0 Å². The molecule has 1 N–H and O–H groups in total. The standard InChI is InChI=1S/C23H28N2O3/c1-25(2)22(26)15-17-6-8-18(9-7-17)19-10-12-20(13-11-19)23(27)24-16-21-5-3-4-14-28-21/h6-13,21H,3-5,14-16H2,1-2H3,(H,24,27). The molecule has 3 rings (SSSR count). The predicted molar refractivity (Wildman–Crippen MR) is 110 cm³/mol. The molecule has 1 saturated heterocycles. The minimum Gasteiger partial charge on any atom is -0.376 e. The second-order valence-electron chi connectivity index (χ2n) is 7.44. The summed E-state index contributed by atoms with van der Waals surface area (Å²) in [6, 6.07) is 15.5. The van der Waals surface area contributed by atoms with Crippen LogP contribution < -0.4 is 5.32 Å². The SMILES string of the molecule is CN(C)C(=O)Cc1ccc(-c2ccc(C(=O)NCC3CCCCO3)cc2)cc1. The van der Waals surface area contributed by atoms with Gasteiger partial charge in [-0.3, -0.25) is 9.59 Å². The molecule has 2 aromatic rings. The first-order chi connectivity index (χ1) is 13.5. The molecule has 0 radical (unpaired) electrons. The van der Waals surface area contributed by atoms with Crippen molar-refractivity contribution >= 4 is 11.8 Å². The molecule has 0 spiro atoms. The maximum absolute atomic E-state index is 12.3. The van der Waals surface area contributed by atoms with E-state index in [1.165, 1.54) is 0 Å². The summed E-state index contributed by atoms with van der Waals surface area (Å²) in [7, 11) is 3.52. The van der Waals surface area contributed by atoms with Crippen LogP contribution in [0.3, 0.4) is 0 Å². The predicted octanol–water partition coefficient (Wildman–Crippen LogP) is 3.28. The van der Waals surface area contributed by atoms with Gasteiger partial charge in [-0.25, -0.2) is 0 Å². The molecule has 0 aromatic heterocycles. The number of amides is 2. The molecule has 28 heavy (non-hydrogen) atoms. The molecule has 2 amide bonds. The molecule has 1 atom stereocenters. The molecule has 0 saturated carbocycles. The van der Waals surface area contributed by atoms with Crippen LogP contribution >= 0.6 is 0 Å². The average Bonchev–Trinajstić information content (AvgIpc) is 2.73. The zero-order valence-electron chi connectivity index (χ0n) is 16.6. The Bertz CT molecular complexity index is 792. The van der Waals surface area contributed by atoms with Gasteiger partial charge in [-0.15, -0.1) is 0 Å². The Morgan fingerprint density at radius 3 is 2.21 bits per heavy atom. The molecule has 148 valence electrons. The van der Waals surface area contributed by atoms with Gasteiger partial charge in [-0.05, 0) is 48.1 Å². The van der Waals surface area contributed by atoms with Gasteiger partial charge in [0.2, 0.25) is 5.91 Å². The summed E-state index contributed by atoms with van der Waals surface area (Å²) in [6.07, 6.45) is 3.82. The van der Waals surface area contributed by atoms with Crippen molar-refractivity contribution in [3.63, 3.8) is 0 Å². The number of rotatable bonds is 6. The highest BCUT2D eigenvalue weighted by atomic mass is 16.5. The number of carbonyl (C=O) groups excluding carboxylic acids is 2. The van der Waals surface area contributed by atoms with E-state index < -0.39 is 0 Å². The molecule has 5 nitrogen and oxygen atoms in total. The quantitative estimate of drug-likeness (QED) is 0.837. The molecule has 1 aliphatic heterocycles. The summed E-state index contributed by atoms with van der Waals surface area (Å²) in [5, 5.41) is 2.96. The number of benzene rings is 2. The lowest BCUT2D eigenvalue weighted by atomic mass is 10.0. The fourth-order valence-electron chi connectivity index (χ4n) is 3.24. The number of nitrogens with zero attached hydrogens (tertiary/aromatic N) is 1.